The van der Waals surface area contributed by atoms with Crippen LogP contribution in [0.3, 0.4) is 0 Å². The number of hydrazine groups is 1. The number of carbonyl (C=O) groups excluding carboxylic acids is 2. The summed E-state index contributed by atoms with van der Waals surface area (Å²) in [6.45, 7) is 0.105. The molecule has 0 radical (unpaired) electrons. The van der Waals surface area contributed by atoms with Gasteiger partial charge in [0, 0.05) is 13.0 Å². The van der Waals surface area contributed by atoms with E-state index in [1.54, 1.807) is 36.4 Å². The molecule has 0 aliphatic heterocycles. The molecule has 0 atom stereocenters. The van der Waals surface area contributed by atoms with Crippen LogP contribution in [0, 0.1) is 0 Å². The van der Waals surface area contributed by atoms with Crippen LogP contribution in [0.4, 0.5) is 0 Å². The van der Waals surface area contributed by atoms with Crippen LogP contribution in [0.5, 0.6) is 5.75 Å². The molecule has 0 fully saturated rings. The number of rotatable bonds is 4. The summed E-state index contributed by atoms with van der Waals surface area (Å²) in [5.74, 6) is -1.86. The molecule has 8 nitrogen and oxygen atoms in total. The molecule has 0 saturated heterocycles. The van der Waals surface area contributed by atoms with Crippen molar-refractivity contribution in [1.29, 1.82) is 0 Å². The van der Waals surface area contributed by atoms with Gasteiger partial charge in [-0.05, 0) is 24.3 Å². The van der Waals surface area contributed by atoms with Crippen molar-refractivity contribution in [2.24, 2.45) is 0 Å². The van der Waals surface area contributed by atoms with Crippen LogP contribution in [-0.4, -0.2) is 21.5 Å². The Labute approximate surface area is 141 Å². The van der Waals surface area contributed by atoms with E-state index in [1.807, 2.05) is 0 Å². The number of nitrogens with one attached hydrogen (secondary N) is 2. The fourth-order valence-corrected chi connectivity index (χ4v) is 2.36. The Kier molecular flexibility index (Phi) is 4.51. The van der Waals surface area contributed by atoms with Gasteiger partial charge in [0.25, 0.3) is 5.91 Å². The highest BCUT2D eigenvalue weighted by molar-refractivity contribution is 5.97. The molecule has 0 aliphatic rings. The van der Waals surface area contributed by atoms with Crippen LogP contribution in [0.1, 0.15) is 16.8 Å². The van der Waals surface area contributed by atoms with E-state index in [9.17, 15) is 19.5 Å². The number of aromatic nitrogens is 1. The normalized spacial score (nSPS) is 10.6. The summed E-state index contributed by atoms with van der Waals surface area (Å²) in [6, 6.07) is 12.9. The van der Waals surface area contributed by atoms with E-state index in [1.165, 1.54) is 16.7 Å². The highest BCUT2D eigenvalue weighted by Crippen LogP contribution is 2.14. The minimum absolute atomic E-state index is 0.0372. The number of benzene rings is 2. The van der Waals surface area contributed by atoms with E-state index in [-0.39, 0.29) is 24.3 Å². The van der Waals surface area contributed by atoms with Gasteiger partial charge in [-0.25, -0.2) is 4.79 Å². The van der Waals surface area contributed by atoms with Gasteiger partial charge < -0.3 is 9.52 Å². The summed E-state index contributed by atoms with van der Waals surface area (Å²) in [5.41, 5.74) is 5.54. The fraction of sp³-hybridized carbons (Fsp3) is 0.118. The van der Waals surface area contributed by atoms with E-state index in [0.29, 0.717) is 11.1 Å². The molecule has 0 bridgehead atoms. The van der Waals surface area contributed by atoms with Gasteiger partial charge in [-0.2, -0.15) is 0 Å². The molecule has 0 saturated carbocycles. The molecule has 0 aliphatic carbocycles. The highest BCUT2D eigenvalue weighted by atomic mass is 16.4. The third-order valence-corrected chi connectivity index (χ3v) is 3.60. The average molecular weight is 341 g/mol. The van der Waals surface area contributed by atoms with Crippen LogP contribution in [0.2, 0.25) is 0 Å². The van der Waals surface area contributed by atoms with Crippen molar-refractivity contribution in [1.82, 2.24) is 15.4 Å². The smallest absolute Gasteiger partial charge is 0.419 e. The van der Waals surface area contributed by atoms with Crippen molar-refractivity contribution in [2.75, 3.05) is 0 Å². The number of phenolic OH excluding ortho intramolecular Hbond substituents is 1. The van der Waals surface area contributed by atoms with E-state index in [4.69, 9.17) is 4.42 Å². The molecule has 8 heteroatoms. The largest absolute Gasteiger partial charge is 0.507 e. The Hall–Kier alpha value is -3.55. The Bertz CT molecular complexity index is 989. The number of carbonyl (C=O) groups is 2. The van der Waals surface area contributed by atoms with Gasteiger partial charge in [0.05, 0.1) is 11.1 Å². The Morgan fingerprint density at radius 1 is 1.04 bits per heavy atom. The number of aryl methyl sites for hydroxylation is 1. The Morgan fingerprint density at radius 2 is 1.76 bits per heavy atom. The lowest BCUT2D eigenvalue weighted by Gasteiger charge is -2.08. The molecular formula is C17H15N3O5. The number of nitrogens with zero attached hydrogens (tertiary/aromatic N) is 1. The third kappa shape index (κ3) is 3.52. The van der Waals surface area contributed by atoms with Crippen molar-refractivity contribution in [3.8, 4) is 5.75 Å². The lowest BCUT2D eigenvalue weighted by molar-refractivity contribution is -0.122. The summed E-state index contributed by atoms with van der Waals surface area (Å²) < 4.78 is 6.43. The van der Waals surface area contributed by atoms with Crippen LogP contribution in [0.25, 0.3) is 11.1 Å². The summed E-state index contributed by atoms with van der Waals surface area (Å²) >= 11 is 0. The summed E-state index contributed by atoms with van der Waals surface area (Å²) in [7, 11) is 0. The quantitative estimate of drug-likeness (QED) is 0.616. The molecule has 1 heterocycles. The van der Waals surface area contributed by atoms with Gasteiger partial charge in [0.15, 0.2) is 5.58 Å². The first-order valence-corrected chi connectivity index (χ1v) is 7.52. The number of phenols is 1. The Morgan fingerprint density at radius 3 is 2.56 bits per heavy atom. The molecule has 1 aromatic heterocycles. The number of oxazole rings is 1. The monoisotopic (exact) mass is 341 g/mol. The van der Waals surface area contributed by atoms with Gasteiger partial charge in [-0.15, -0.1) is 0 Å². The third-order valence-electron chi connectivity index (χ3n) is 3.60. The maximum Gasteiger partial charge on any atom is 0.419 e. The van der Waals surface area contributed by atoms with Crippen LogP contribution >= 0.6 is 0 Å². The second-order valence-electron chi connectivity index (χ2n) is 5.26. The molecule has 25 heavy (non-hydrogen) atoms. The fourth-order valence-electron chi connectivity index (χ4n) is 2.36. The average Bonchev–Trinajstić information content (AvgIpc) is 2.93. The molecule has 0 spiro atoms. The predicted molar refractivity (Wildman–Crippen MR) is 88.8 cm³/mol. The first-order valence-electron chi connectivity index (χ1n) is 7.52. The zero-order valence-corrected chi connectivity index (χ0v) is 13.1. The minimum atomic E-state index is -0.641. The van der Waals surface area contributed by atoms with Gasteiger partial charge in [-0.1, -0.05) is 24.3 Å². The van der Waals surface area contributed by atoms with Gasteiger partial charge in [0.2, 0.25) is 5.91 Å². The van der Waals surface area contributed by atoms with E-state index >= 15 is 0 Å². The minimum Gasteiger partial charge on any atom is -0.507 e. The number of amides is 2. The number of para-hydroxylation sites is 3. The zero-order valence-electron chi connectivity index (χ0n) is 13.1. The second-order valence-corrected chi connectivity index (χ2v) is 5.26. The van der Waals surface area contributed by atoms with Crippen LogP contribution in [-0.2, 0) is 11.3 Å². The van der Waals surface area contributed by atoms with Crippen molar-refractivity contribution in [3.05, 3.63) is 64.6 Å². The van der Waals surface area contributed by atoms with Crippen molar-refractivity contribution >= 4 is 22.9 Å². The molecule has 3 rings (SSSR count). The zero-order chi connectivity index (χ0) is 17.8. The van der Waals surface area contributed by atoms with Crippen molar-refractivity contribution in [3.63, 3.8) is 0 Å². The SMILES string of the molecule is O=C(CCn1c(=O)oc2ccccc21)NNC(=O)c1ccccc1O. The van der Waals surface area contributed by atoms with Crippen molar-refractivity contribution < 1.29 is 19.1 Å². The Balaban J connectivity index is 1.58. The van der Waals surface area contributed by atoms with E-state index < -0.39 is 17.6 Å². The summed E-state index contributed by atoms with van der Waals surface area (Å²) in [4.78, 5) is 35.6. The predicted octanol–water partition coefficient (Wildman–Crippen LogP) is 1.15. The van der Waals surface area contributed by atoms with E-state index in [2.05, 4.69) is 10.9 Å². The standard InChI is InChI=1S/C17H15N3O5/c21-13-7-3-1-5-11(13)16(23)19-18-15(22)9-10-20-12-6-2-4-8-14(12)25-17(20)24/h1-8,21H,9-10H2,(H,18,22)(H,19,23). The van der Waals surface area contributed by atoms with Gasteiger partial charge in [0.1, 0.15) is 5.75 Å². The number of hydrogen-bond donors (Lipinski definition) is 3. The summed E-state index contributed by atoms with van der Waals surface area (Å²) in [6.07, 6.45) is -0.0372. The molecule has 2 aromatic carbocycles. The maximum absolute atomic E-state index is 11.9. The molecule has 2 amide bonds. The lowest BCUT2D eigenvalue weighted by Crippen LogP contribution is -2.42. The maximum atomic E-state index is 11.9. The second kappa shape index (κ2) is 6.91. The number of aromatic hydroxyl groups is 1. The van der Waals surface area contributed by atoms with Crippen LogP contribution < -0.4 is 16.6 Å². The number of hydrogen-bond acceptors (Lipinski definition) is 5. The van der Waals surface area contributed by atoms with Gasteiger partial charge >= 0.3 is 5.76 Å². The van der Waals surface area contributed by atoms with Crippen LogP contribution in [0.15, 0.2) is 57.7 Å². The molecular weight excluding hydrogens is 326 g/mol. The van der Waals surface area contributed by atoms with Gasteiger partial charge in [-0.3, -0.25) is 25.0 Å². The molecule has 0 unspecified atom stereocenters. The number of fused-ring (bicyclic) bond motifs is 1. The summed E-state index contributed by atoms with van der Waals surface area (Å²) in [5, 5.41) is 9.58. The lowest BCUT2D eigenvalue weighted by atomic mass is 10.2. The first kappa shape index (κ1) is 16.3. The van der Waals surface area contributed by atoms with E-state index in [0.717, 1.165) is 0 Å². The van der Waals surface area contributed by atoms with Crippen molar-refractivity contribution in [2.45, 2.75) is 13.0 Å². The topological polar surface area (TPSA) is 114 Å². The highest BCUT2D eigenvalue weighted by Gasteiger charge is 2.13. The molecule has 3 aromatic rings. The molecule has 3 N–H and O–H groups in total. The molecule has 128 valence electrons. The first-order chi connectivity index (χ1) is 12.1.